The Labute approximate surface area is 162 Å². The first-order valence-corrected chi connectivity index (χ1v) is 9.90. The molecule has 138 valence electrons. The maximum absolute atomic E-state index is 11.1. The first kappa shape index (κ1) is 17.5. The van der Waals surface area contributed by atoms with Crippen molar-refractivity contribution < 1.29 is 9.53 Å². The molecule has 27 heavy (non-hydrogen) atoms. The molecular weight excluding hydrogens is 358 g/mol. The van der Waals surface area contributed by atoms with Gasteiger partial charge in [-0.1, -0.05) is 6.07 Å². The average molecular weight is 379 g/mol. The number of ether oxygens (including phenoxy) is 1. The number of benzene rings is 1. The van der Waals surface area contributed by atoms with Crippen molar-refractivity contribution in [3.63, 3.8) is 0 Å². The molecule has 0 aliphatic heterocycles. The zero-order valence-corrected chi connectivity index (χ0v) is 15.9. The summed E-state index contributed by atoms with van der Waals surface area (Å²) in [7, 11) is 0. The lowest BCUT2D eigenvalue weighted by Gasteiger charge is -2.29. The number of aryl methyl sites for hydroxylation is 1. The summed E-state index contributed by atoms with van der Waals surface area (Å²) < 4.78 is 5.86. The van der Waals surface area contributed by atoms with Crippen LogP contribution in [-0.2, 0) is 6.42 Å². The van der Waals surface area contributed by atoms with Crippen molar-refractivity contribution in [3.05, 3.63) is 70.7 Å². The number of nitrogens with zero attached hydrogens (tertiary/aromatic N) is 2. The van der Waals surface area contributed by atoms with Gasteiger partial charge in [0.25, 0.3) is 0 Å². The van der Waals surface area contributed by atoms with Gasteiger partial charge in [0, 0.05) is 18.8 Å². The SMILES string of the molecule is CCN(c1cccs1)C1CCc2cc(Oc3ccc(C(N)=O)cn3)ccc21. The lowest BCUT2D eigenvalue weighted by atomic mass is 10.1. The van der Waals surface area contributed by atoms with Crippen molar-refractivity contribution in [3.8, 4) is 11.6 Å². The molecule has 1 unspecified atom stereocenters. The van der Waals surface area contributed by atoms with Gasteiger partial charge in [-0.2, -0.15) is 0 Å². The van der Waals surface area contributed by atoms with E-state index in [0.717, 1.165) is 25.1 Å². The first-order valence-electron chi connectivity index (χ1n) is 9.02. The van der Waals surface area contributed by atoms with Gasteiger partial charge in [-0.25, -0.2) is 4.98 Å². The maximum atomic E-state index is 11.1. The minimum absolute atomic E-state index is 0.368. The van der Waals surface area contributed by atoms with Crippen molar-refractivity contribution in [2.75, 3.05) is 11.4 Å². The lowest BCUT2D eigenvalue weighted by molar-refractivity contribution is 0.1000. The summed E-state index contributed by atoms with van der Waals surface area (Å²) in [5.74, 6) is 0.708. The van der Waals surface area contributed by atoms with Gasteiger partial charge in [0.05, 0.1) is 16.6 Å². The van der Waals surface area contributed by atoms with E-state index in [2.05, 4.69) is 46.5 Å². The minimum Gasteiger partial charge on any atom is -0.439 e. The molecular formula is C21H21N3O2S. The number of amides is 1. The first-order chi connectivity index (χ1) is 13.2. The van der Waals surface area contributed by atoms with Crippen LogP contribution in [0.4, 0.5) is 5.00 Å². The number of primary amides is 1. The smallest absolute Gasteiger partial charge is 0.250 e. The Morgan fingerprint density at radius 2 is 2.22 bits per heavy atom. The van der Waals surface area contributed by atoms with Crippen LogP contribution in [0.3, 0.4) is 0 Å². The van der Waals surface area contributed by atoms with Crippen LogP contribution in [0.15, 0.2) is 54.0 Å². The van der Waals surface area contributed by atoms with Crippen LogP contribution < -0.4 is 15.4 Å². The molecule has 0 fully saturated rings. The van der Waals surface area contributed by atoms with Crippen LogP contribution in [0.25, 0.3) is 0 Å². The Bertz CT molecular complexity index is 939. The Morgan fingerprint density at radius 3 is 2.89 bits per heavy atom. The van der Waals surface area contributed by atoms with Crippen molar-refractivity contribution in [1.82, 2.24) is 4.98 Å². The predicted octanol–water partition coefficient (Wildman–Crippen LogP) is 4.55. The normalized spacial score (nSPS) is 15.4. The minimum atomic E-state index is -0.496. The highest BCUT2D eigenvalue weighted by atomic mass is 32.1. The average Bonchev–Trinajstić information content (AvgIpc) is 3.34. The van der Waals surface area contributed by atoms with Crippen molar-refractivity contribution in [2.24, 2.45) is 5.73 Å². The number of carbonyl (C=O) groups excluding carboxylic acids is 1. The fourth-order valence-corrected chi connectivity index (χ4v) is 4.47. The van der Waals surface area contributed by atoms with Crippen LogP contribution in [0.1, 0.15) is 40.9 Å². The Kier molecular flexibility index (Phi) is 4.81. The summed E-state index contributed by atoms with van der Waals surface area (Å²) in [5.41, 5.74) is 8.30. The molecule has 0 saturated heterocycles. The van der Waals surface area contributed by atoms with E-state index in [1.165, 1.54) is 22.3 Å². The third-order valence-electron chi connectivity index (χ3n) is 4.91. The number of anilines is 1. The van der Waals surface area contributed by atoms with Crippen molar-refractivity contribution in [1.29, 1.82) is 0 Å². The second-order valence-corrected chi connectivity index (χ2v) is 7.43. The highest BCUT2D eigenvalue weighted by Gasteiger charge is 2.28. The topological polar surface area (TPSA) is 68.5 Å². The van der Waals surface area contributed by atoms with Gasteiger partial charge in [-0.15, -0.1) is 11.3 Å². The third kappa shape index (κ3) is 3.53. The molecule has 0 bridgehead atoms. The van der Waals surface area contributed by atoms with E-state index >= 15 is 0 Å². The second-order valence-electron chi connectivity index (χ2n) is 6.50. The molecule has 2 heterocycles. The zero-order valence-electron chi connectivity index (χ0n) is 15.1. The molecule has 6 heteroatoms. The lowest BCUT2D eigenvalue weighted by Crippen LogP contribution is -2.26. The summed E-state index contributed by atoms with van der Waals surface area (Å²) in [6.07, 6.45) is 3.57. The molecule has 4 rings (SSSR count). The Morgan fingerprint density at radius 1 is 1.33 bits per heavy atom. The fraction of sp³-hybridized carbons (Fsp3) is 0.238. The highest BCUT2D eigenvalue weighted by Crippen LogP contribution is 2.41. The van der Waals surface area contributed by atoms with Crippen molar-refractivity contribution in [2.45, 2.75) is 25.8 Å². The number of hydrogen-bond donors (Lipinski definition) is 1. The van der Waals surface area contributed by atoms with E-state index in [9.17, 15) is 4.79 Å². The number of pyridine rings is 1. The van der Waals surface area contributed by atoms with Crippen molar-refractivity contribution >= 4 is 22.2 Å². The summed E-state index contributed by atoms with van der Waals surface area (Å²) in [5, 5.41) is 3.44. The number of thiophene rings is 1. The summed E-state index contributed by atoms with van der Waals surface area (Å²) >= 11 is 1.79. The summed E-state index contributed by atoms with van der Waals surface area (Å²) in [6.45, 7) is 3.19. The number of rotatable bonds is 6. The van der Waals surface area contributed by atoms with Crippen LogP contribution in [0, 0.1) is 0 Å². The summed E-state index contributed by atoms with van der Waals surface area (Å²) in [6, 6.07) is 14.2. The van der Waals surface area contributed by atoms with Gasteiger partial charge in [0.2, 0.25) is 11.8 Å². The molecule has 0 spiro atoms. The number of fused-ring (bicyclic) bond motifs is 1. The molecule has 3 aromatic rings. The molecule has 0 radical (unpaired) electrons. The van der Waals surface area contributed by atoms with Gasteiger partial charge < -0.3 is 15.4 Å². The van der Waals surface area contributed by atoms with Gasteiger partial charge in [0.15, 0.2) is 0 Å². The predicted molar refractivity (Wildman–Crippen MR) is 108 cm³/mol. The van der Waals surface area contributed by atoms with Crippen LogP contribution in [0.5, 0.6) is 11.6 Å². The van der Waals surface area contributed by atoms with Gasteiger partial charge in [-0.05, 0) is 66.6 Å². The van der Waals surface area contributed by atoms with Gasteiger partial charge >= 0.3 is 0 Å². The van der Waals surface area contributed by atoms with Gasteiger partial charge in [0.1, 0.15) is 5.75 Å². The van der Waals surface area contributed by atoms with Crippen LogP contribution in [0.2, 0.25) is 0 Å². The number of carbonyl (C=O) groups is 1. The van der Waals surface area contributed by atoms with E-state index in [1.807, 2.05) is 6.07 Å². The van der Waals surface area contributed by atoms with E-state index in [-0.39, 0.29) is 0 Å². The molecule has 1 amide bonds. The monoisotopic (exact) mass is 379 g/mol. The second kappa shape index (κ2) is 7.40. The number of aromatic nitrogens is 1. The van der Waals surface area contributed by atoms with Gasteiger partial charge in [-0.3, -0.25) is 4.79 Å². The molecule has 1 aromatic carbocycles. The molecule has 0 saturated carbocycles. The van der Waals surface area contributed by atoms with E-state index in [1.54, 1.807) is 23.5 Å². The highest BCUT2D eigenvalue weighted by molar-refractivity contribution is 7.14. The molecule has 5 nitrogen and oxygen atoms in total. The molecule has 1 aliphatic rings. The van der Waals surface area contributed by atoms with Crippen LogP contribution >= 0.6 is 11.3 Å². The number of nitrogens with two attached hydrogens (primary N) is 1. The molecule has 2 N–H and O–H groups in total. The maximum Gasteiger partial charge on any atom is 0.250 e. The Balaban J connectivity index is 1.53. The molecule has 2 aromatic heterocycles. The molecule has 1 atom stereocenters. The standard InChI is InChI=1S/C21H21N3O2S/c1-2-24(20-4-3-11-27-20)18-9-5-14-12-16(7-8-17(14)18)26-19-10-6-15(13-23-19)21(22)25/h3-4,6-8,10-13,18H,2,5,9H2,1H3,(H2,22,25). The number of hydrogen-bond acceptors (Lipinski definition) is 5. The zero-order chi connectivity index (χ0) is 18.8. The van der Waals surface area contributed by atoms with E-state index < -0.39 is 5.91 Å². The molecule has 1 aliphatic carbocycles. The van der Waals surface area contributed by atoms with E-state index in [0.29, 0.717) is 17.5 Å². The Hall–Kier alpha value is -2.86. The van der Waals surface area contributed by atoms with Crippen LogP contribution in [-0.4, -0.2) is 17.4 Å². The quantitative estimate of drug-likeness (QED) is 0.682. The summed E-state index contributed by atoms with van der Waals surface area (Å²) in [4.78, 5) is 17.8. The third-order valence-corrected chi connectivity index (χ3v) is 5.82. The van der Waals surface area contributed by atoms with E-state index in [4.69, 9.17) is 10.5 Å². The largest absolute Gasteiger partial charge is 0.439 e. The fourth-order valence-electron chi connectivity index (χ4n) is 3.63.